The molecule has 1 aliphatic rings. The van der Waals surface area contributed by atoms with Crippen LogP contribution >= 0.6 is 0 Å². The Labute approximate surface area is 85.9 Å². The van der Waals surface area contributed by atoms with Crippen molar-refractivity contribution in [3.8, 4) is 5.75 Å². The zero-order valence-electron chi connectivity index (χ0n) is 7.95. The summed E-state index contributed by atoms with van der Waals surface area (Å²) in [5.74, 6) is -2.21. The van der Waals surface area contributed by atoms with Gasteiger partial charge in [-0.2, -0.15) is 0 Å². The largest absolute Gasteiger partial charge is 0.489 e. The van der Waals surface area contributed by atoms with Gasteiger partial charge in [0.15, 0.2) is 6.29 Å². The maximum atomic E-state index is 12.5. The average molecular weight is 212 g/mol. The van der Waals surface area contributed by atoms with Crippen molar-refractivity contribution in [1.82, 2.24) is 0 Å². The number of carbonyl (C=O) groups is 1. The monoisotopic (exact) mass is 212 g/mol. The van der Waals surface area contributed by atoms with Crippen molar-refractivity contribution in [2.45, 2.75) is 24.9 Å². The molecule has 0 heterocycles. The van der Waals surface area contributed by atoms with Crippen molar-refractivity contribution in [3.63, 3.8) is 0 Å². The molecular formula is C11H10F2O2. The Balaban J connectivity index is 2.03. The highest BCUT2D eigenvalue weighted by molar-refractivity contribution is 5.79. The molecule has 0 unspecified atom stereocenters. The number of halogens is 2. The molecule has 0 amide bonds. The second-order valence-corrected chi connectivity index (χ2v) is 3.66. The Morgan fingerprint density at radius 2 is 2.00 bits per heavy atom. The SMILES string of the molecule is O=Cc1ccccc1OC1CC(F)(F)C1. The number of hydrogen-bond acceptors (Lipinski definition) is 2. The van der Waals surface area contributed by atoms with E-state index in [1.54, 1.807) is 24.3 Å². The Kier molecular flexibility index (Phi) is 2.42. The van der Waals surface area contributed by atoms with E-state index in [4.69, 9.17) is 4.74 Å². The predicted octanol–water partition coefficient (Wildman–Crippen LogP) is 2.68. The van der Waals surface area contributed by atoms with Crippen LogP contribution in [0.3, 0.4) is 0 Å². The molecule has 15 heavy (non-hydrogen) atoms. The first-order chi connectivity index (χ1) is 7.11. The van der Waals surface area contributed by atoms with Crippen molar-refractivity contribution in [3.05, 3.63) is 29.8 Å². The van der Waals surface area contributed by atoms with Crippen molar-refractivity contribution in [2.75, 3.05) is 0 Å². The Morgan fingerprint density at radius 1 is 1.33 bits per heavy atom. The van der Waals surface area contributed by atoms with Crippen molar-refractivity contribution in [2.24, 2.45) is 0 Å². The molecule has 1 aliphatic carbocycles. The lowest BCUT2D eigenvalue weighted by molar-refractivity contribution is -0.134. The summed E-state index contributed by atoms with van der Waals surface area (Å²) in [5, 5.41) is 0. The van der Waals surface area contributed by atoms with Gasteiger partial charge in [0.25, 0.3) is 5.92 Å². The molecule has 2 nitrogen and oxygen atoms in total. The molecule has 0 aliphatic heterocycles. The first-order valence-electron chi connectivity index (χ1n) is 4.69. The predicted molar refractivity (Wildman–Crippen MR) is 50.4 cm³/mol. The van der Waals surface area contributed by atoms with Crippen LogP contribution in [0, 0.1) is 0 Å². The first kappa shape index (κ1) is 10.1. The van der Waals surface area contributed by atoms with Gasteiger partial charge < -0.3 is 4.74 Å². The van der Waals surface area contributed by atoms with E-state index >= 15 is 0 Å². The molecule has 0 bridgehead atoms. The van der Waals surface area contributed by atoms with E-state index < -0.39 is 12.0 Å². The molecule has 2 rings (SSSR count). The van der Waals surface area contributed by atoms with Gasteiger partial charge in [-0.25, -0.2) is 8.78 Å². The smallest absolute Gasteiger partial charge is 0.255 e. The molecule has 0 aromatic heterocycles. The minimum Gasteiger partial charge on any atom is -0.489 e. The molecule has 4 heteroatoms. The van der Waals surface area contributed by atoms with Crippen LogP contribution in [0.4, 0.5) is 8.78 Å². The Morgan fingerprint density at radius 3 is 2.60 bits per heavy atom. The molecule has 80 valence electrons. The number of alkyl halides is 2. The molecule has 0 N–H and O–H groups in total. The van der Waals surface area contributed by atoms with Gasteiger partial charge in [-0.1, -0.05) is 12.1 Å². The van der Waals surface area contributed by atoms with Crippen LogP contribution in [0.15, 0.2) is 24.3 Å². The van der Waals surface area contributed by atoms with Crippen LogP contribution in [0.2, 0.25) is 0 Å². The van der Waals surface area contributed by atoms with Gasteiger partial charge in [0.1, 0.15) is 11.9 Å². The molecule has 1 aromatic carbocycles. The molecule has 1 fully saturated rings. The van der Waals surface area contributed by atoms with E-state index in [1.165, 1.54) is 0 Å². The summed E-state index contributed by atoms with van der Waals surface area (Å²) in [4.78, 5) is 10.6. The fraction of sp³-hybridized carbons (Fsp3) is 0.364. The maximum Gasteiger partial charge on any atom is 0.255 e. The second-order valence-electron chi connectivity index (χ2n) is 3.66. The number of rotatable bonds is 3. The number of hydrogen-bond donors (Lipinski definition) is 0. The van der Waals surface area contributed by atoms with Gasteiger partial charge >= 0.3 is 0 Å². The number of para-hydroxylation sites is 1. The summed E-state index contributed by atoms with van der Waals surface area (Å²) in [6.07, 6.45) is -0.340. The van der Waals surface area contributed by atoms with E-state index in [2.05, 4.69) is 0 Å². The zero-order chi connectivity index (χ0) is 10.9. The third kappa shape index (κ3) is 2.14. The lowest BCUT2D eigenvalue weighted by atomic mass is 9.91. The van der Waals surface area contributed by atoms with Crippen LogP contribution < -0.4 is 4.74 Å². The number of aldehydes is 1. The highest BCUT2D eigenvalue weighted by atomic mass is 19.3. The summed E-state index contributed by atoms with van der Waals surface area (Å²) in [7, 11) is 0. The first-order valence-corrected chi connectivity index (χ1v) is 4.69. The fourth-order valence-corrected chi connectivity index (χ4v) is 1.55. The van der Waals surface area contributed by atoms with Crippen LogP contribution in [-0.4, -0.2) is 18.3 Å². The summed E-state index contributed by atoms with van der Waals surface area (Å²) in [6.45, 7) is 0. The van der Waals surface area contributed by atoms with Crippen LogP contribution in [-0.2, 0) is 0 Å². The van der Waals surface area contributed by atoms with Gasteiger partial charge in [0, 0.05) is 12.8 Å². The number of benzene rings is 1. The van der Waals surface area contributed by atoms with Crippen molar-refractivity contribution >= 4 is 6.29 Å². The summed E-state index contributed by atoms with van der Waals surface area (Å²) < 4.78 is 30.3. The third-order valence-electron chi connectivity index (χ3n) is 2.39. The van der Waals surface area contributed by atoms with Gasteiger partial charge in [0.2, 0.25) is 0 Å². The van der Waals surface area contributed by atoms with Crippen LogP contribution in [0.25, 0.3) is 0 Å². The molecule has 1 aromatic rings. The number of ether oxygens (including phenoxy) is 1. The Bertz CT molecular complexity index is 369. The van der Waals surface area contributed by atoms with Gasteiger partial charge in [-0.15, -0.1) is 0 Å². The quantitative estimate of drug-likeness (QED) is 0.720. The van der Waals surface area contributed by atoms with Crippen molar-refractivity contribution < 1.29 is 18.3 Å². The molecule has 0 spiro atoms. The van der Waals surface area contributed by atoms with Gasteiger partial charge in [-0.05, 0) is 12.1 Å². The van der Waals surface area contributed by atoms with Crippen LogP contribution in [0.1, 0.15) is 23.2 Å². The minimum absolute atomic E-state index is 0.264. The fourth-order valence-electron chi connectivity index (χ4n) is 1.55. The van der Waals surface area contributed by atoms with E-state index in [0.717, 1.165) is 0 Å². The van der Waals surface area contributed by atoms with E-state index in [1.807, 2.05) is 0 Å². The van der Waals surface area contributed by atoms with E-state index in [-0.39, 0.29) is 12.8 Å². The average Bonchev–Trinajstić information content (AvgIpc) is 2.16. The minimum atomic E-state index is -2.60. The number of carbonyl (C=O) groups excluding carboxylic acids is 1. The normalized spacial score (nSPS) is 19.3. The third-order valence-corrected chi connectivity index (χ3v) is 2.39. The van der Waals surface area contributed by atoms with Gasteiger partial charge in [-0.3, -0.25) is 4.79 Å². The highest BCUT2D eigenvalue weighted by Crippen LogP contribution is 2.40. The van der Waals surface area contributed by atoms with Crippen LogP contribution in [0.5, 0.6) is 5.75 Å². The summed E-state index contributed by atoms with van der Waals surface area (Å²) >= 11 is 0. The van der Waals surface area contributed by atoms with Gasteiger partial charge in [0.05, 0.1) is 5.56 Å². The summed E-state index contributed by atoms with van der Waals surface area (Å²) in [5.41, 5.74) is 0.396. The molecule has 1 saturated carbocycles. The van der Waals surface area contributed by atoms with Crippen molar-refractivity contribution in [1.29, 1.82) is 0 Å². The standard InChI is InChI=1S/C11H10F2O2/c12-11(13)5-9(6-11)15-10-4-2-1-3-8(10)7-14/h1-4,7,9H,5-6H2. The maximum absolute atomic E-state index is 12.5. The highest BCUT2D eigenvalue weighted by Gasteiger charge is 2.47. The Hall–Kier alpha value is -1.45. The molecule has 0 atom stereocenters. The zero-order valence-corrected chi connectivity index (χ0v) is 7.95. The topological polar surface area (TPSA) is 26.3 Å². The molecular weight excluding hydrogens is 202 g/mol. The molecule has 0 radical (unpaired) electrons. The lowest BCUT2D eigenvalue weighted by Gasteiger charge is -2.35. The summed E-state index contributed by atoms with van der Waals surface area (Å²) in [6, 6.07) is 6.62. The lowest BCUT2D eigenvalue weighted by Crippen LogP contribution is -2.43. The molecule has 0 saturated heterocycles. The van der Waals surface area contributed by atoms with E-state index in [0.29, 0.717) is 17.6 Å². The van der Waals surface area contributed by atoms with E-state index in [9.17, 15) is 13.6 Å². The second kappa shape index (κ2) is 3.61.